The summed E-state index contributed by atoms with van der Waals surface area (Å²) in [6.45, 7) is 10.4. The smallest absolute Gasteiger partial charge is 0.198 e. The number of amidine groups is 2. The molecule has 152 valence electrons. The Balaban J connectivity index is 1.97. The molecule has 3 rings (SSSR count). The van der Waals surface area contributed by atoms with Crippen LogP contribution in [0.25, 0.3) is 0 Å². The van der Waals surface area contributed by atoms with Crippen LogP contribution in [0.2, 0.25) is 0 Å². The summed E-state index contributed by atoms with van der Waals surface area (Å²) in [5.74, 6) is 2.28. The molecule has 28 heavy (non-hydrogen) atoms. The highest BCUT2D eigenvalue weighted by atomic mass is 16.5. The Bertz CT molecular complexity index is 769. The third kappa shape index (κ3) is 4.59. The van der Waals surface area contributed by atoms with Crippen molar-refractivity contribution in [3.05, 3.63) is 23.2 Å². The molecule has 9 nitrogen and oxygen atoms in total. The number of aliphatic imine (C=N–C) groups is 4. The van der Waals surface area contributed by atoms with Gasteiger partial charge in [-0.25, -0.2) is 9.98 Å². The zero-order chi connectivity index (χ0) is 20.1. The van der Waals surface area contributed by atoms with Crippen LogP contribution in [0, 0.1) is 0 Å². The second kappa shape index (κ2) is 9.01. The topological polar surface area (TPSA) is 103 Å². The van der Waals surface area contributed by atoms with Crippen molar-refractivity contribution in [1.82, 2.24) is 15.1 Å². The van der Waals surface area contributed by atoms with E-state index in [9.17, 15) is 0 Å². The van der Waals surface area contributed by atoms with Gasteiger partial charge >= 0.3 is 0 Å². The molecule has 3 aliphatic rings. The molecular weight excluding hydrogens is 356 g/mol. The Morgan fingerprint density at radius 1 is 1.32 bits per heavy atom. The minimum absolute atomic E-state index is 0.367. The SMILES string of the molecule is CN=C(N/C(C1=CN=C(N)CN=C1)=C1\CN(C(C)C)C(C)=N1)N1CCOCC1. The lowest BCUT2D eigenvalue weighted by molar-refractivity contribution is 0.0668. The van der Waals surface area contributed by atoms with Gasteiger partial charge < -0.3 is 25.6 Å². The van der Waals surface area contributed by atoms with Crippen molar-refractivity contribution in [2.75, 3.05) is 46.4 Å². The first-order valence-electron chi connectivity index (χ1n) is 9.63. The van der Waals surface area contributed by atoms with Crippen LogP contribution >= 0.6 is 0 Å². The molecule has 9 heteroatoms. The van der Waals surface area contributed by atoms with Gasteiger partial charge in [0, 0.05) is 44.2 Å². The average molecular weight is 387 g/mol. The largest absolute Gasteiger partial charge is 0.386 e. The molecule has 0 aromatic rings. The maximum Gasteiger partial charge on any atom is 0.198 e. The molecule has 0 saturated carbocycles. The minimum Gasteiger partial charge on any atom is -0.386 e. The predicted molar refractivity (Wildman–Crippen MR) is 114 cm³/mol. The Labute approximate surface area is 166 Å². The molecule has 0 aliphatic carbocycles. The highest BCUT2D eigenvalue weighted by Gasteiger charge is 2.25. The van der Waals surface area contributed by atoms with Crippen molar-refractivity contribution in [1.29, 1.82) is 0 Å². The van der Waals surface area contributed by atoms with Crippen LogP contribution in [0.1, 0.15) is 20.8 Å². The number of rotatable bonds is 3. The molecular formula is C19H30N8O. The summed E-state index contributed by atoms with van der Waals surface area (Å²) >= 11 is 0. The van der Waals surface area contributed by atoms with Gasteiger partial charge in [-0.2, -0.15) is 0 Å². The highest BCUT2D eigenvalue weighted by molar-refractivity contribution is 5.94. The van der Waals surface area contributed by atoms with Gasteiger partial charge in [0.1, 0.15) is 11.7 Å². The maximum absolute atomic E-state index is 5.85. The average Bonchev–Trinajstić information content (AvgIpc) is 2.95. The van der Waals surface area contributed by atoms with E-state index >= 15 is 0 Å². The van der Waals surface area contributed by atoms with Crippen LogP contribution in [-0.2, 0) is 4.74 Å². The molecule has 3 N–H and O–H groups in total. The first-order valence-corrected chi connectivity index (χ1v) is 9.63. The number of allylic oxidation sites excluding steroid dienone is 1. The third-order valence-electron chi connectivity index (χ3n) is 4.85. The Hall–Kier alpha value is -2.68. The van der Waals surface area contributed by atoms with Gasteiger partial charge in [-0.15, -0.1) is 0 Å². The first-order chi connectivity index (χ1) is 13.5. The van der Waals surface area contributed by atoms with Crippen molar-refractivity contribution >= 4 is 23.8 Å². The number of nitrogens with two attached hydrogens (primary N) is 1. The van der Waals surface area contributed by atoms with Crippen LogP contribution in [-0.4, -0.2) is 86.1 Å². The van der Waals surface area contributed by atoms with E-state index in [1.54, 1.807) is 19.5 Å². The number of guanidine groups is 1. The minimum atomic E-state index is 0.367. The van der Waals surface area contributed by atoms with Crippen molar-refractivity contribution in [3.8, 4) is 0 Å². The highest BCUT2D eigenvalue weighted by Crippen LogP contribution is 2.22. The molecule has 0 spiro atoms. The van der Waals surface area contributed by atoms with E-state index in [1.165, 1.54) is 0 Å². The second-order valence-corrected chi connectivity index (χ2v) is 7.15. The zero-order valence-corrected chi connectivity index (χ0v) is 17.1. The number of hydrogen-bond acceptors (Lipinski definition) is 7. The van der Waals surface area contributed by atoms with E-state index in [2.05, 4.69) is 43.9 Å². The van der Waals surface area contributed by atoms with Crippen LogP contribution in [0.15, 0.2) is 43.1 Å². The van der Waals surface area contributed by atoms with Crippen LogP contribution in [0.4, 0.5) is 0 Å². The lowest BCUT2D eigenvalue weighted by atomic mass is 10.1. The summed E-state index contributed by atoms with van der Waals surface area (Å²) in [5, 5.41) is 3.50. The summed E-state index contributed by atoms with van der Waals surface area (Å²) in [5.41, 5.74) is 8.49. The van der Waals surface area contributed by atoms with Gasteiger partial charge in [0.25, 0.3) is 0 Å². The molecule has 0 radical (unpaired) electrons. The number of ether oxygens (including phenoxy) is 1. The van der Waals surface area contributed by atoms with Gasteiger partial charge in [-0.05, 0) is 20.8 Å². The molecule has 0 bridgehead atoms. The van der Waals surface area contributed by atoms with Gasteiger partial charge in [0.15, 0.2) is 5.96 Å². The quantitative estimate of drug-likeness (QED) is 0.545. The van der Waals surface area contributed by atoms with E-state index in [4.69, 9.17) is 15.5 Å². The molecule has 0 aromatic carbocycles. The Morgan fingerprint density at radius 3 is 2.71 bits per heavy atom. The molecule has 0 aromatic heterocycles. The normalized spacial score (nSPS) is 22.8. The van der Waals surface area contributed by atoms with Crippen molar-refractivity contribution in [3.63, 3.8) is 0 Å². The van der Waals surface area contributed by atoms with E-state index in [0.29, 0.717) is 31.6 Å². The zero-order valence-electron chi connectivity index (χ0n) is 17.1. The standard InChI is InChI=1S/C19H30N8O/c1-13(2)27-12-16(24-14(27)3)18(15-9-22-11-17(20)23-10-15)25-19(21-4)26-5-7-28-8-6-26/h9-10,13H,5-8,11-12H2,1-4H3,(H2,20,23)(H,21,25)/b18-16+. The third-order valence-corrected chi connectivity index (χ3v) is 4.85. The lowest BCUT2D eigenvalue weighted by Crippen LogP contribution is -2.47. The second-order valence-electron chi connectivity index (χ2n) is 7.15. The van der Waals surface area contributed by atoms with Crippen LogP contribution in [0.5, 0.6) is 0 Å². The van der Waals surface area contributed by atoms with Gasteiger partial charge in [-0.1, -0.05) is 0 Å². The summed E-state index contributed by atoms with van der Waals surface area (Å²) in [6.07, 6.45) is 3.55. The van der Waals surface area contributed by atoms with Gasteiger partial charge in [-0.3, -0.25) is 9.98 Å². The number of hydrogen-bond donors (Lipinski definition) is 2. The molecule has 3 aliphatic heterocycles. The molecule has 0 atom stereocenters. The first kappa shape index (κ1) is 20.1. The van der Waals surface area contributed by atoms with Gasteiger partial charge in [0.2, 0.25) is 0 Å². The Morgan fingerprint density at radius 2 is 2.07 bits per heavy atom. The summed E-state index contributed by atoms with van der Waals surface area (Å²) in [6, 6.07) is 0.367. The number of nitrogens with one attached hydrogen (secondary N) is 1. The van der Waals surface area contributed by atoms with Crippen LogP contribution in [0.3, 0.4) is 0 Å². The molecule has 0 unspecified atom stereocenters. The molecule has 1 saturated heterocycles. The molecule has 3 heterocycles. The molecule has 1 fully saturated rings. The van der Waals surface area contributed by atoms with Crippen molar-refractivity contribution < 1.29 is 4.74 Å². The van der Waals surface area contributed by atoms with Crippen LogP contribution < -0.4 is 11.1 Å². The summed E-state index contributed by atoms with van der Waals surface area (Å²) in [7, 11) is 1.79. The van der Waals surface area contributed by atoms with Gasteiger partial charge in [0.05, 0.1) is 37.7 Å². The van der Waals surface area contributed by atoms with E-state index in [-0.39, 0.29) is 0 Å². The number of nitrogens with zero attached hydrogens (tertiary/aromatic N) is 6. The monoisotopic (exact) mass is 386 g/mol. The predicted octanol–water partition coefficient (Wildman–Crippen LogP) is 0.574. The van der Waals surface area contributed by atoms with E-state index in [0.717, 1.165) is 48.4 Å². The van der Waals surface area contributed by atoms with Crippen molar-refractivity contribution in [2.45, 2.75) is 26.8 Å². The fraction of sp³-hybridized carbons (Fsp3) is 0.579. The summed E-state index contributed by atoms with van der Waals surface area (Å²) < 4.78 is 5.47. The Kier molecular flexibility index (Phi) is 6.45. The van der Waals surface area contributed by atoms with E-state index < -0.39 is 0 Å². The lowest BCUT2D eigenvalue weighted by Gasteiger charge is -2.31. The summed E-state index contributed by atoms with van der Waals surface area (Å²) in [4.78, 5) is 22.5. The fourth-order valence-corrected chi connectivity index (χ4v) is 3.33. The van der Waals surface area contributed by atoms with E-state index in [1.807, 2.05) is 6.92 Å². The number of morpholine rings is 1. The fourth-order valence-electron chi connectivity index (χ4n) is 3.33. The van der Waals surface area contributed by atoms with Crippen molar-refractivity contribution in [2.24, 2.45) is 25.7 Å². The molecule has 0 amide bonds. The maximum atomic E-state index is 5.85.